The summed E-state index contributed by atoms with van der Waals surface area (Å²) in [6.45, 7) is 16.2. The Bertz CT molecular complexity index is 980. The number of unbranched alkanes of at least 4 members (excludes halogenated alkanes) is 1. The topological polar surface area (TPSA) is 99.6 Å². The minimum absolute atomic E-state index is 0.0260. The van der Waals surface area contributed by atoms with Crippen LogP contribution in [0.15, 0.2) is 25.3 Å². The molecule has 4 rings (SSSR count). The number of aliphatic hydroxyl groups excluding tert-OH is 1. The van der Waals surface area contributed by atoms with Gasteiger partial charge in [-0.25, -0.2) is 0 Å². The zero-order chi connectivity index (χ0) is 29.7. The molecular weight excluding hydrogens is 610 g/mol. The molecule has 0 aromatic heterocycles. The van der Waals surface area contributed by atoms with Crippen LogP contribution in [0.4, 0.5) is 0 Å². The molecule has 0 aromatic rings. The van der Waals surface area contributed by atoms with Gasteiger partial charge in [-0.15, -0.1) is 24.9 Å². The number of rotatable bonds is 15. The van der Waals surface area contributed by atoms with E-state index in [4.69, 9.17) is 9.47 Å². The smallest absolute Gasteiger partial charge is 0.310 e. The number of fused-ring (bicyclic) bond motifs is 1. The van der Waals surface area contributed by atoms with Crippen molar-refractivity contribution in [3.8, 4) is 0 Å². The molecule has 41 heavy (non-hydrogen) atoms. The van der Waals surface area contributed by atoms with Crippen LogP contribution in [0.3, 0.4) is 0 Å². The number of likely N-dealkylation sites (tertiary alicyclic amines) is 1. The molecule has 230 valence electrons. The third kappa shape index (κ3) is 6.30. The number of carbonyl (C=O) groups is 3. The fourth-order valence-corrected chi connectivity index (χ4v) is 10.6. The van der Waals surface area contributed by atoms with Crippen molar-refractivity contribution in [3.63, 3.8) is 0 Å². The highest BCUT2D eigenvalue weighted by atomic mass is 79.9. The molecule has 0 aromatic carbocycles. The minimum Gasteiger partial charge on any atom is -0.465 e. The molecule has 0 radical (unpaired) electrons. The molecular formula is C30H46BrN3O6S. The number of thioether (sulfide) groups is 1. The van der Waals surface area contributed by atoms with Crippen molar-refractivity contribution in [1.29, 1.82) is 0 Å². The lowest BCUT2D eigenvalue weighted by atomic mass is 9.71. The number of amides is 2. The van der Waals surface area contributed by atoms with E-state index in [1.165, 1.54) is 0 Å². The highest BCUT2D eigenvalue weighted by molar-refractivity contribution is 9.09. The van der Waals surface area contributed by atoms with Crippen LogP contribution < -0.4 is 0 Å². The Labute approximate surface area is 257 Å². The number of halogens is 1. The fourth-order valence-electron chi connectivity index (χ4n) is 6.99. The zero-order valence-corrected chi connectivity index (χ0v) is 26.8. The maximum Gasteiger partial charge on any atom is 0.310 e. The van der Waals surface area contributed by atoms with E-state index in [1.807, 2.05) is 13.8 Å². The lowest BCUT2D eigenvalue weighted by Crippen LogP contribution is -2.59. The number of hydrogen-bond donors (Lipinski definition) is 1. The lowest BCUT2D eigenvalue weighted by Gasteiger charge is -2.41. The van der Waals surface area contributed by atoms with Crippen molar-refractivity contribution < 1.29 is 29.0 Å². The summed E-state index contributed by atoms with van der Waals surface area (Å²) in [5, 5.41) is 10.4. The minimum atomic E-state index is -0.788. The summed E-state index contributed by atoms with van der Waals surface area (Å²) in [6, 6.07) is -1.31. The molecule has 9 nitrogen and oxygen atoms in total. The van der Waals surface area contributed by atoms with Crippen LogP contribution in [0.1, 0.15) is 39.5 Å². The van der Waals surface area contributed by atoms with Crippen LogP contribution >= 0.6 is 27.7 Å². The van der Waals surface area contributed by atoms with Gasteiger partial charge in [0.25, 0.3) is 0 Å². The Morgan fingerprint density at radius 2 is 2.05 bits per heavy atom. The molecule has 4 aliphatic rings. The first kappa shape index (κ1) is 32.5. The van der Waals surface area contributed by atoms with Crippen molar-refractivity contribution in [3.05, 3.63) is 25.3 Å². The van der Waals surface area contributed by atoms with E-state index in [-0.39, 0.29) is 47.0 Å². The number of hydrogen-bond acceptors (Lipinski definition) is 8. The van der Waals surface area contributed by atoms with Gasteiger partial charge in [-0.05, 0) is 25.2 Å². The van der Waals surface area contributed by atoms with E-state index in [1.54, 1.807) is 33.7 Å². The zero-order valence-electron chi connectivity index (χ0n) is 24.4. The van der Waals surface area contributed by atoms with Crippen molar-refractivity contribution in [1.82, 2.24) is 14.7 Å². The van der Waals surface area contributed by atoms with Crippen LogP contribution in [0.2, 0.25) is 0 Å². The number of aliphatic hydroxyl groups is 1. The third-order valence-corrected chi connectivity index (χ3v) is 12.5. The number of carbonyl (C=O) groups excluding carboxylic acids is 3. The summed E-state index contributed by atoms with van der Waals surface area (Å²) in [6.07, 6.45) is 6.26. The first-order valence-corrected chi connectivity index (χ1v) is 16.8. The largest absolute Gasteiger partial charge is 0.465 e. The van der Waals surface area contributed by atoms with E-state index in [0.29, 0.717) is 45.7 Å². The number of esters is 1. The standard InChI is InChI=1S/C30H46BrN3O6S/c1-5-8-9-15-40-29(38)23-24-27(36)34(22(19-35)20(4)7-3)26(30(24)18-21(31)25(23)41-30)28(37)33(10-6-2)12-11-32-13-16-39-17-14-32/h5-6,20-26,35H,1-2,7-19H2,3-4H3/t20-,21?,22-,23+,24-,25+,26?,30?/m0/s1. The molecule has 2 bridgehead atoms. The van der Waals surface area contributed by atoms with Gasteiger partial charge in [0.15, 0.2) is 0 Å². The van der Waals surface area contributed by atoms with Gasteiger partial charge in [-0.1, -0.05) is 48.4 Å². The molecule has 0 saturated carbocycles. The predicted octanol–water partition coefficient (Wildman–Crippen LogP) is 2.71. The van der Waals surface area contributed by atoms with Gasteiger partial charge in [0.05, 0.1) is 49.1 Å². The van der Waals surface area contributed by atoms with Crippen LogP contribution in [-0.4, -0.2) is 124 Å². The SMILES string of the molecule is C=CCCCOC(=O)[C@H]1[C@@H]2SC3(CC2Br)C(C(=O)N(CC=C)CCN2CCOCC2)N([C@@H](CO)[C@@H](C)CC)C(=O)[C@H]13. The maximum absolute atomic E-state index is 14.7. The average molecular weight is 657 g/mol. The summed E-state index contributed by atoms with van der Waals surface area (Å²) in [5.41, 5.74) is 0. The number of alkyl halides is 1. The molecule has 8 atom stereocenters. The molecule has 4 saturated heterocycles. The Hall–Kier alpha value is -1.40. The van der Waals surface area contributed by atoms with E-state index in [2.05, 4.69) is 34.0 Å². The number of allylic oxidation sites excluding steroid dienone is 1. The Morgan fingerprint density at radius 1 is 1.32 bits per heavy atom. The van der Waals surface area contributed by atoms with Gasteiger partial charge >= 0.3 is 5.97 Å². The second kappa shape index (κ2) is 14.4. The Balaban J connectivity index is 1.68. The van der Waals surface area contributed by atoms with Gasteiger partial charge < -0.3 is 24.4 Å². The molecule has 3 unspecified atom stereocenters. The van der Waals surface area contributed by atoms with Crippen molar-refractivity contribution in [2.75, 3.05) is 59.2 Å². The van der Waals surface area contributed by atoms with Crippen LogP contribution in [-0.2, 0) is 23.9 Å². The van der Waals surface area contributed by atoms with Gasteiger partial charge in [-0.3, -0.25) is 19.3 Å². The van der Waals surface area contributed by atoms with Gasteiger partial charge in [0.2, 0.25) is 11.8 Å². The normalized spacial score (nSPS) is 32.4. The fraction of sp³-hybridized carbons (Fsp3) is 0.767. The average Bonchev–Trinajstić information content (AvgIpc) is 3.57. The summed E-state index contributed by atoms with van der Waals surface area (Å²) in [7, 11) is 0. The summed E-state index contributed by atoms with van der Waals surface area (Å²) < 4.78 is 10.4. The van der Waals surface area contributed by atoms with Crippen molar-refractivity contribution >= 4 is 45.5 Å². The van der Waals surface area contributed by atoms with Crippen LogP contribution in [0, 0.1) is 17.8 Å². The molecule has 11 heteroatoms. The highest BCUT2D eigenvalue weighted by Crippen LogP contribution is 2.68. The second-order valence-corrected chi connectivity index (χ2v) is 14.4. The summed E-state index contributed by atoms with van der Waals surface area (Å²) in [5.74, 6) is -2.06. The Morgan fingerprint density at radius 3 is 2.68 bits per heavy atom. The summed E-state index contributed by atoms with van der Waals surface area (Å²) >= 11 is 5.41. The molecule has 4 fully saturated rings. The molecule has 2 amide bonds. The van der Waals surface area contributed by atoms with Crippen LogP contribution in [0.5, 0.6) is 0 Å². The molecule has 0 aliphatic carbocycles. The summed E-state index contributed by atoms with van der Waals surface area (Å²) in [4.78, 5) is 48.3. The van der Waals surface area contributed by atoms with Crippen LogP contribution in [0.25, 0.3) is 0 Å². The maximum atomic E-state index is 14.7. The van der Waals surface area contributed by atoms with Gasteiger partial charge in [-0.2, -0.15) is 0 Å². The number of morpholine rings is 1. The van der Waals surface area contributed by atoms with E-state index < -0.39 is 28.7 Å². The van der Waals surface area contributed by atoms with E-state index >= 15 is 0 Å². The van der Waals surface area contributed by atoms with Gasteiger partial charge in [0, 0.05) is 42.8 Å². The number of ether oxygens (including phenoxy) is 2. The van der Waals surface area contributed by atoms with Gasteiger partial charge in [0.1, 0.15) is 6.04 Å². The Kier molecular flexibility index (Phi) is 11.4. The molecule has 1 spiro atoms. The third-order valence-electron chi connectivity index (χ3n) is 9.33. The predicted molar refractivity (Wildman–Crippen MR) is 164 cm³/mol. The van der Waals surface area contributed by atoms with E-state index in [0.717, 1.165) is 25.9 Å². The second-order valence-electron chi connectivity index (χ2n) is 11.7. The van der Waals surface area contributed by atoms with Crippen molar-refractivity contribution in [2.45, 2.75) is 66.4 Å². The lowest BCUT2D eigenvalue weighted by molar-refractivity contribution is -0.154. The first-order valence-electron chi connectivity index (χ1n) is 15.0. The molecule has 4 heterocycles. The van der Waals surface area contributed by atoms with E-state index in [9.17, 15) is 19.5 Å². The van der Waals surface area contributed by atoms with Crippen molar-refractivity contribution in [2.24, 2.45) is 17.8 Å². The molecule has 4 aliphatic heterocycles. The quantitative estimate of drug-likeness (QED) is 0.124. The first-order chi connectivity index (χ1) is 19.7. The highest BCUT2D eigenvalue weighted by Gasteiger charge is 2.76. The molecule has 1 N–H and O–H groups in total. The monoisotopic (exact) mass is 655 g/mol. The number of nitrogens with zero attached hydrogens (tertiary/aromatic N) is 3.